The SMILES string of the molecule is CCOc1cc(CNCCCNCCO)cc(Cl)c1OCc1c(Cl)cccc1Cl. The van der Waals surface area contributed by atoms with Gasteiger partial charge in [0, 0.05) is 28.7 Å². The van der Waals surface area contributed by atoms with Crippen LogP contribution in [0, 0.1) is 0 Å². The summed E-state index contributed by atoms with van der Waals surface area (Å²) in [5.74, 6) is 1.06. The fourth-order valence-corrected chi connectivity index (χ4v) is 3.51. The molecule has 0 radical (unpaired) electrons. The standard InChI is InChI=1S/C21H27Cl3N2O3/c1-2-28-20-12-15(13-26-8-4-7-25-9-10-27)11-19(24)21(20)29-14-16-17(22)5-3-6-18(16)23/h3,5-6,11-12,25-27H,2,4,7-10,13-14H2,1H3. The molecule has 160 valence electrons. The van der Waals surface area contributed by atoms with Crippen LogP contribution < -0.4 is 20.1 Å². The highest BCUT2D eigenvalue weighted by molar-refractivity contribution is 6.36. The van der Waals surface area contributed by atoms with Gasteiger partial charge in [-0.15, -0.1) is 0 Å². The first-order valence-corrected chi connectivity index (χ1v) is 10.7. The molecule has 0 atom stereocenters. The van der Waals surface area contributed by atoms with Crippen molar-refractivity contribution in [3.05, 3.63) is 56.5 Å². The van der Waals surface area contributed by atoms with E-state index < -0.39 is 0 Å². The number of benzene rings is 2. The van der Waals surface area contributed by atoms with E-state index in [-0.39, 0.29) is 13.2 Å². The van der Waals surface area contributed by atoms with Crippen molar-refractivity contribution in [2.75, 3.05) is 32.8 Å². The molecule has 0 aliphatic heterocycles. The molecule has 0 heterocycles. The molecule has 0 saturated heterocycles. The number of aliphatic hydroxyl groups is 1. The zero-order valence-corrected chi connectivity index (χ0v) is 18.7. The van der Waals surface area contributed by atoms with Gasteiger partial charge in [-0.1, -0.05) is 40.9 Å². The van der Waals surface area contributed by atoms with Crippen LogP contribution >= 0.6 is 34.8 Å². The summed E-state index contributed by atoms with van der Waals surface area (Å²) in [6.45, 7) is 5.74. The highest BCUT2D eigenvalue weighted by atomic mass is 35.5. The van der Waals surface area contributed by atoms with Gasteiger partial charge in [-0.2, -0.15) is 0 Å². The number of ether oxygens (including phenoxy) is 2. The fraction of sp³-hybridized carbons (Fsp3) is 0.429. The van der Waals surface area contributed by atoms with Crippen LogP contribution in [0.4, 0.5) is 0 Å². The third-order valence-corrected chi connectivity index (χ3v) is 5.11. The lowest BCUT2D eigenvalue weighted by atomic mass is 10.2. The molecular weight excluding hydrogens is 435 g/mol. The lowest BCUT2D eigenvalue weighted by Crippen LogP contribution is -2.23. The molecule has 0 fully saturated rings. The minimum absolute atomic E-state index is 0.156. The van der Waals surface area contributed by atoms with E-state index in [0.29, 0.717) is 51.8 Å². The summed E-state index contributed by atoms with van der Waals surface area (Å²) in [7, 11) is 0. The fourth-order valence-electron chi connectivity index (χ4n) is 2.72. The molecule has 5 nitrogen and oxygen atoms in total. The Morgan fingerprint density at radius 1 is 0.931 bits per heavy atom. The van der Waals surface area contributed by atoms with Crippen LogP contribution in [0.5, 0.6) is 11.5 Å². The Bertz CT molecular complexity index is 755. The zero-order chi connectivity index (χ0) is 21.1. The Morgan fingerprint density at radius 3 is 2.34 bits per heavy atom. The lowest BCUT2D eigenvalue weighted by Gasteiger charge is -2.16. The van der Waals surface area contributed by atoms with Crippen LogP contribution in [-0.2, 0) is 13.2 Å². The van der Waals surface area contributed by atoms with Gasteiger partial charge in [0.1, 0.15) is 6.61 Å². The van der Waals surface area contributed by atoms with E-state index >= 15 is 0 Å². The van der Waals surface area contributed by atoms with Gasteiger partial charge in [0.2, 0.25) is 0 Å². The topological polar surface area (TPSA) is 62.8 Å². The van der Waals surface area contributed by atoms with E-state index in [1.54, 1.807) is 18.2 Å². The van der Waals surface area contributed by atoms with Gasteiger partial charge in [0.05, 0.1) is 18.2 Å². The quantitative estimate of drug-likeness (QED) is 0.378. The molecule has 0 aromatic heterocycles. The Labute approximate surface area is 187 Å². The smallest absolute Gasteiger partial charge is 0.180 e. The number of hydrogen-bond donors (Lipinski definition) is 3. The molecule has 2 rings (SSSR count). The van der Waals surface area contributed by atoms with E-state index in [2.05, 4.69) is 10.6 Å². The van der Waals surface area contributed by atoms with Crippen molar-refractivity contribution in [3.63, 3.8) is 0 Å². The number of aliphatic hydroxyl groups excluding tert-OH is 1. The van der Waals surface area contributed by atoms with Crippen LogP contribution in [0.25, 0.3) is 0 Å². The number of rotatable bonds is 13. The predicted molar refractivity (Wildman–Crippen MR) is 120 cm³/mol. The van der Waals surface area contributed by atoms with Gasteiger partial charge in [0.15, 0.2) is 11.5 Å². The van der Waals surface area contributed by atoms with Crippen molar-refractivity contribution in [3.8, 4) is 11.5 Å². The maximum Gasteiger partial charge on any atom is 0.180 e. The van der Waals surface area contributed by atoms with Gasteiger partial charge in [0.25, 0.3) is 0 Å². The second-order valence-electron chi connectivity index (χ2n) is 6.33. The number of nitrogens with one attached hydrogen (secondary N) is 2. The molecule has 0 spiro atoms. The summed E-state index contributed by atoms with van der Waals surface area (Å²) in [6.07, 6.45) is 0.964. The van der Waals surface area contributed by atoms with Crippen molar-refractivity contribution in [1.29, 1.82) is 0 Å². The second kappa shape index (κ2) is 13.2. The summed E-state index contributed by atoms with van der Waals surface area (Å²) < 4.78 is 11.7. The van der Waals surface area contributed by atoms with Gasteiger partial charge < -0.3 is 25.2 Å². The van der Waals surface area contributed by atoms with Crippen molar-refractivity contribution in [2.24, 2.45) is 0 Å². The lowest BCUT2D eigenvalue weighted by molar-refractivity contribution is 0.269. The number of halogens is 3. The average molecular weight is 462 g/mol. The van der Waals surface area contributed by atoms with Gasteiger partial charge in [-0.05, 0) is 56.3 Å². The Kier molecular flexibility index (Phi) is 10.9. The van der Waals surface area contributed by atoms with Crippen molar-refractivity contribution in [1.82, 2.24) is 10.6 Å². The monoisotopic (exact) mass is 460 g/mol. The van der Waals surface area contributed by atoms with E-state index in [0.717, 1.165) is 25.1 Å². The van der Waals surface area contributed by atoms with Crippen molar-refractivity contribution < 1.29 is 14.6 Å². The zero-order valence-electron chi connectivity index (χ0n) is 16.4. The van der Waals surface area contributed by atoms with Gasteiger partial charge >= 0.3 is 0 Å². The van der Waals surface area contributed by atoms with E-state index in [9.17, 15) is 0 Å². The van der Waals surface area contributed by atoms with Crippen molar-refractivity contribution >= 4 is 34.8 Å². The maximum absolute atomic E-state index is 8.74. The van der Waals surface area contributed by atoms with E-state index in [4.69, 9.17) is 49.4 Å². The Morgan fingerprint density at radius 2 is 1.66 bits per heavy atom. The third kappa shape index (κ3) is 7.85. The molecule has 8 heteroatoms. The molecule has 29 heavy (non-hydrogen) atoms. The second-order valence-corrected chi connectivity index (χ2v) is 7.55. The van der Waals surface area contributed by atoms with Gasteiger partial charge in [-0.3, -0.25) is 0 Å². The molecule has 0 saturated carbocycles. The summed E-state index contributed by atoms with van der Waals surface area (Å²) in [5.41, 5.74) is 1.71. The summed E-state index contributed by atoms with van der Waals surface area (Å²) in [6, 6.07) is 9.12. The third-order valence-electron chi connectivity index (χ3n) is 4.12. The molecule has 0 aliphatic carbocycles. The minimum Gasteiger partial charge on any atom is -0.490 e. The molecule has 0 bridgehead atoms. The normalized spacial score (nSPS) is 10.9. The number of hydrogen-bond acceptors (Lipinski definition) is 5. The van der Waals surface area contributed by atoms with Crippen LogP contribution in [-0.4, -0.2) is 38.0 Å². The summed E-state index contributed by atoms with van der Waals surface area (Å²) in [4.78, 5) is 0. The first-order chi connectivity index (χ1) is 14.1. The van der Waals surface area contributed by atoms with Gasteiger partial charge in [-0.25, -0.2) is 0 Å². The highest BCUT2D eigenvalue weighted by Gasteiger charge is 2.15. The minimum atomic E-state index is 0.156. The molecule has 2 aromatic carbocycles. The first-order valence-electron chi connectivity index (χ1n) is 9.60. The first kappa shape index (κ1) is 24.1. The largest absolute Gasteiger partial charge is 0.490 e. The van der Waals surface area contributed by atoms with Crippen molar-refractivity contribution in [2.45, 2.75) is 26.5 Å². The van der Waals surface area contributed by atoms with Crippen LogP contribution in [0.15, 0.2) is 30.3 Å². The average Bonchev–Trinajstić information content (AvgIpc) is 2.68. The van der Waals surface area contributed by atoms with Crippen LogP contribution in [0.2, 0.25) is 15.1 Å². The molecule has 0 amide bonds. The summed E-state index contributed by atoms with van der Waals surface area (Å²) >= 11 is 18.9. The maximum atomic E-state index is 8.74. The Balaban J connectivity index is 2.00. The van der Waals surface area contributed by atoms with Crippen LogP contribution in [0.3, 0.4) is 0 Å². The van der Waals surface area contributed by atoms with E-state index in [1.165, 1.54) is 0 Å². The molecule has 2 aromatic rings. The summed E-state index contributed by atoms with van der Waals surface area (Å²) in [5, 5.41) is 16.8. The molecule has 0 unspecified atom stereocenters. The highest BCUT2D eigenvalue weighted by Crippen LogP contribution is 2.38. The van der Waals surface area contributed by atoms with E-state index in [1.807, 2.05) is 19.1 Å². The van der Waals surface area contributed by atoms with Crippen LogP contribution in [0.1, 0.15) is 24.5 Å². The molecule has 3 N–H and O–H groups in total. The molecular formula is C21H27Cl3N2O3. The predicted octanol–water partition coefficient (Wildman–Crippen LogP) is 4.69. The molecule has 0 aliphatic rings. The Hall–Kier alpha value is -1.21.